The lowest BCUT2D eigenvalue weighted by Gasteiger charge is -2.45. The zero-order valence-electron chi connectivity index (χ0n) is 24.7. The van der Waals surface area contributed by atoms with Gasteiger partial charge in [-0.1, -0.05) is 42.6 Å². The number of alkyl halides is 2. The monoisotopic (exact) mass is 657 g/mol. The van der Waals surface area contributed by atoms with Crippen molar-refractivity contribution in [2.24, 2.45) is 23.4 Å². The quantitative estimate of drug-likeness (QED) is 0.276. The number of allylic oxidation sites excluding steroid dienone is 1. The van der Waals surface area contributed by atoms with E-state index in [0.717, 1.165) is 27.9 Å². The largest absolute Gasteiger partial charge is 0.487 e. The number of likely N-dealkylation sites (tertiary alicyclic amines) is 1. The van der Waals surface area contributed by atoms with Crippen LogP contribution < -0.4 is 16.3 Å². The molecule has 2 fully saturated rings. The molecule has 3 atom stereocenters. The number of benzene rings is 1. The molecule has 1 aromatic rings. The number of nitrogens with two attached hydrogens (primary N) is 2. The Balaban J connectivity index is 0.00000237. The molecular weight excluding hydrogens is 616 g/mol. The van der Waals surface area contributed by atoms with E-state index in [1.807, 2.05) is 13.8 Å². The van der Waals surface area contributed by atoms with E-state index >= 15 is 0 Å². The molecule has 3 unspecified atom stereocenters. The van der Waals surface area contributed by atoms with Crippen LogP contribution in [0.1, 0.15) is 76.6 Å². The lowest BCUT2D eigenvalue weighted by atomic mass is 9.78. The summed E-state index contributed by atoms with van der Waals surface area (Å²) in [4.78, 5) is 42.3. The van der Waals surface area contributed by atoms with Crippen molar-refractivity contribution < 1.29 is 33.0 Å². The van der Waals surface area contributed by atoms with Gasteiger partial charge in [0.1, 0.15) is 24.2 Å². The average Bonchev–Trinajstić information content (AvgIpc) is 3.37. The predicted molar refractivity (Wildman–Crippen MR) is 157 cm³/mol. The second kappa shape index (κ2) is 14.0. The van der Waals surface area contributed by atoms with E-state index in [9.17, 15) is 28.3 Å². The van der Waals surface area contributed by atoms with Crippen LogP contribution in [0.3, 0.4) is 0 Å². The number of amides is 2. The molecular formula is C29H42BrF2N5O5. The first-order valence-corrected chi connectivity index (χ1v) is 15.2. The van der Waals surface area contributed by atoms with Crippen molar-refractivity contribution in [2.45, 2.75) is 77.8 Å². The second-order valence-electron chi connectivity index (χ2n) is 10.8. The zero-order valence-corrected chi connectivity index (χ0v) is 26.3. The summed E-state index contributed by atoms with van der Waals surface area (Å²) < 4.78 is 35.2. The normalized spacial score (nSPS) is 23.0. The molecule has 5 N–H and O–H groups in total. The van der Waals surface area contributed by atoms with Gasteiger partial charge in [0, 0.05) is 43.5 Å². The van der Waals surface area contributed by atoms with Crippen molar-refractivity contribution in [2.75, 3.05) is 26.7 Å². The van der Waals surface area contributed by atoms with Gasteiger partial charge in [-0.05, 0) is 43.4 Å². The highest BCUT2D eigenvalue weighted by molar-refractivity contribution is 9.10. The summed E-state index contributed by atoms with van der Waals surface area (Å²) in [5.74, 6) is -0.309. The number of aliphatic carboxylic acids is 1. The van der Waals surface area contributed by atoms with Gasteiger partial charge in [0.05, 0.1) is 17.5 Å². The van der Waals surface area contributed by atoms with Gasteiger partial charge in [-0.2, -0.15) is 8.78 Å². The molecule has 4 rings (SSSR count). The fourth-order valence-corrected chi connectivity index (χ4v) is 6.79. The Kier molecular flexibility index (Phi) is 11.2. The minimum atomic E-state index is -3.31. The average molecular weight is 659 g/mol. The molecule has 0 spiro atoms. The van der Waals surface area contributed by atoms with Crippen molar-refractivity contribution in [1.82, 2.24) is 14.8 Å². The molecule has 0 bridgehead atoms. The molecule has 2 amide bonds. The Morgan fingerprint density at radius 1 is 1.14 bits per heavy atom. The third-order valence-electron chi connectivity index (χ3n) is 7.96. The number of hydrogen-bond donors (Lipinski definition) is 3. The first kappa shape index (κ1) is 33.6. The zero-order chi connectivity index (χ0) is 31.4. The molecule has 13 heteroatoms. The molecule has 0 radical (unpaired) electrons. The predicted octanol–water partition coefficient (Wildman–Crippen LogP) is 4.38. The van der Waals surface area contributed by atoms with E-state index in [1.54, 1.807) is 21.9 Å². The van der Waals surface area contributed by atoms with E-state index in [2.05, 4.69) is 15.9 Å². The summed E-state index contributed by atoms with van der Waals surface area (Å²) in [6.07, 6.45) is 2.93. The van der Waals surface area contributed by atoms with Crippen LogP contribution in [0.25, 0.3) is 0 Å². The Bertz CT molecular complexity index is 1210. The number of carboxylic acids is 1. The van der Waals surface area contributed by atoms with Gasteiger partial charge < -0.3 is 30.4 Å². The lowest BCUT2D eigenvalue weighted by molar-refractivity contribution is -0.157. The van der Waals surface area contributed by atoms with Gasteiger partial charge in [-0.15, -0.1) is 0 Å². The topological polar surface area (TPSA) is 142 Å². The minimum absolute atomic E-state index is 0.128. The van der Waals surface area contributed by atoms with Crippen LogP contribution in [0.5, 0.6) is 5.75 Å². The smallest absolute Gasteiger partial charge is 0.307 e. The maximum absolute atomic E-state index is 14.2. The van der Waals surface area contributed by atoms with Crippen LogP contribution in [0.4, 0.5) is 8.78 Å². The molecule has 1 saturated heterocycles. The molecule has 42 heavy (non-hydrogen) atoms. The lowest BCUT2D eigenvalue weighted by Crippen LogP contribution is -2.52. The number of hydrogen-bond acceptors (Lipinski definition) is 7. The maximum atomic E-state index is 14.2. The number of rotatable bonds is 8. The first-order valence-electron chi connectivity index (χ1n) is 14.4. The van der Waals surface area contributed by atoms with E-state index < -0.39 is 42.2 Å². The molecule has 0 aromatic heterocycles. The summed E-state index contributed by atoms with van der Waals surface area (Å²) in [6.45, 7) is 4.98. The van der Waals surface area contributed by atoms with Gasteiger partial charge in [-0.25, -0.2) is 5.84 Å². The molecule has 2 heterocycles. The van der Waals surface area contributed by atoms with E-state index in [-0.39, 0.29) is 24.1 Å². The van der Waals surface area contributed by atoms with Gasteiger partial charge >= 0.3 is 5.97 Å². The standard InChI is InChI=1S/C27H36BrF2N5O5.C2H6/c1-27(29,30)23(33(2)32)19(31)14-40-20-10-9-18(28)17-11-13-35(24(22(17)20)34-12-5-8-21(34)36)25(37)15-6-3-4-7-16(15)26(38)39;1-2/h9-10,15-16,24H,3-8,11-14,31-32H2,1-2H3,(H,38,39);1-2H3/b23-19-;. The highest BCUT2D eigenvalue weighted by atomic mass is 79.9. The third kappa shape index (κ3) is 6.99. The molecule has 1 saturated carbocycles. The molecule has 1 aliphatic carbocycles. The van der Waals surface area contributed by atoms with Crippen LogP contribution >= 0.6 is 15.9 Å². The Morgan fingerprint density at radius 3 is 2.33 bits per heavy atom. The molecule has 1 aromatic carbocycles. The maximum Gasteiger partial charge on any atom is 0.307 e. The number of nitrogens with zero attached hydrogens (tertiary/aromatic N) is 3. The molecule has 234 valence electrons. The summed E-state index contributed by atoms with van der Waals surface area (Å²) in [6, 6.07) is 3.41. The van der Waals surface area contributed by atoms with Crippen LogP contribution in [-0.2, 0) is 20.8 Å². The summed E-state index contributed by atoms with van der Waals surface area (Å²) in [5, 5.41) is 10.6. The van der Waals surface area contributed by atoms with Gasteiger partial charge in [-0.3, -0.25) is 14.4 Å². The van der Waals surface area contributed by atoms with E-state index in [1.165, 1.54) is 7.05 Å². The minimum Gasteiger partial charge on any atom is -0.487 e. The number of halogens is 3. The van der Waals surface area contributed by atoms with Crippen molar-refractivity contribution in [3.8, 4) is 5.75 Å². The van der Waals surface area contributed by atoms with Gasteiger partial charge in [0.25, 0.3) is 5.92 Å². The highest BCUT2D eigenvalue weighted by Gasteiger charge is 2.46. The number of ether oxygens (including phenoxy) is 1. The second-order valence-corrected chi connectivity index (χ2v) is 11.6. The first-order chi connectivity index (χ1) is 19.8. The van der Waals surface area contributed by atoms with E-state index in [4.69, 9.17) is 16.3 Å². The summed E-state index contributed by atoms with van der Waals surface area (Å²) in [7, 11) is 1.26. The Labute approximate surface area is 254 Å². The Hall–Kier alpha value is -2.93. The van der Waals surface area contributed by atoms with E-state index in [0.29, 0.717) is 56.9 Å². The fraction of sp³-hybridized carbons (Fsp3) is 0.621. The number of carbonyl (C=O) groups is 3. The SMILES string of the molecule is CC.CN(N)/C(=C(\N)COc1ccc(Br)c2c1C(N1CCCC1=O)N(C(=O)C1CCCCC1C(=O)O)CC2)C(C)(F)F. The fourth-order valence-electron chi connectivity index (χ4n) is 6.25. The summed E-state index contributed by atoms with van der Waals surface area (Å²) in [5.41, 5.74) is 6.55. The van der Waals surface area contributed by atoms with Gasteiger partial charge in [0.2, 0.25) is 11.8 Å². The molecule has 2 aliphatic heterocycles. The van der Waals surface area contributed by atoms with Crippen molar-refractivity contribution in [1.29, 1.82) is 0 Å². The summed E-state index contributed by atoms with van der Waals surface area (Å²) >= 11 is 3.58. The molecule has 10 nitrogen and oxygen atoms in total. The van der Waals surface area contributed by atoms with Crippen LogP contribution in [0, 0.1) is 11.8 Å². The van der Waals surface area contributed by atoms with Crippen molar-refractivity contribution in [3.05, 3.63) is 39.1 Å². The van der Waals surface area contributed by atoms with Gasteiger partial charge in [0.15, 0.2) is 0 Å². The Morgan fingerprint density at radius 2 is 1.79 bits per heavy atom. The third-order valence-corrected chi connectivity index (χ3v) is 8.70. The van der Waals surface area contributed by atoms with Crippen LogP contribution in [0.15, 0.2) is 28.0 Å². The number of carboxylic acid groups (broad SMARTS) is 1. The van der Waals surface area contributed by atoms with Crippen molar-refractivity contribution in [3.63, 3.8) is 0 Å². The highest BCUT2D eigenvalue weighted by Crippen LogP contribution is 2.45. The number of fused-ring (bicyclic) bond motifs is 1. The van der Waals surface area contributed by atoms with Crippen LogP contribution in [-0.4, -0.2) is 70.4 Å². The van der Waals surface area contributed by atoms with Crippen LogP contribution in [0.2, 0.25) is 0 Å². The number of carbonyl (C=O) groups excluding carboxylic acids is 2. The number of hydrazine groups is 1. The van der Waals surface area contributed by atoms with Crippen molar-refractivity contribution >= 4 is 33.7 Å². The molecule has 3 aliphatic rings.